The Morgan fingerprint density at radius 1 is 1.52 bits per heavy atom. The van der Waals surface area contributed by atoms with Gasteiger partial charge in [-0.05, 0) is 13.8 Å². The normalized spacial score (nSPS) is 18.6. The van der Waals surface area contributed by atoms with Gasteiger partial charge in [-0.1, -0.05) is 0 Å². The van der Waals surface area contributed by atoms with Crippen molar-refractivity contribution in [3.05, 3.63) is 11.4 Å². The number of anilines is 1. The van der Waals surface area contributed by atoms with Crippen molar-refractivity contribution >= 4 is 17.5 Å². The molecule has 1 fully saturated rings. The maximum atomic E-state index is 12.8. The maximum Gasteiger partial charge on any atom is 0.275 e. The number of amides is 2. The molecule has 0 radical (unpaired) electrons. The number of nitrogens with two attached hydrogens (primary N) is 1. The third-order valence-corrected chi connectivity index (χ3v) is 3.61. The number of ether oxygens (including phenoxy) is 1. The van der Waals surface area contributed by atoms with Crippen molar-refractivity contribution in [1.82, 2.24) is 20.0 Å². The molecule has 2 amide bonds. The Morgan fingerprint density at radius 3 is 2.86 bits per heavy atom. The first-order chi connectivity index (χ1) is 10.0. The van der Waals surface area contributed by atoms with Crippen LogP contribution in [0.4, 0.5) is 5.69 Å². The molecule has 21 heavy (non-hydrogen) atoms. The lowest BCUT2D eigenvalue weighted by Crippen LogP contribution is -2.55. The summed E-state index contributed by atoms with van der Waals surface area (Å²) in [6, 6.07) is -0.642. The van der Waals surface area contributed by atoms with Crippen LogP contribution in [-0.2, 0) is 16.1 Å². The van der Waals surface area contributed by atoms with Crippen LogP contribution in [0.2, 0.25) is 0 Å². The molecule has 8 nitrogen and oxygen atoms in total. The van der Waals surface area contributed by atoms with Gasteiger partial charge in [0.05, 0.1) is 24.6 Å². The highest BCUT2D eigenvalue weighted by atomic mass is 16.5. The number of nitrogens with zero attached hydrogens (tertiary/aromatic N) is 3. The number of carbonyl (C=O) groups is 2. The third kappa shape index (κ3) is 2.71. The van der Waals surface area contributed by atoms with E-state index in [0.717, 1.165) is 0 Å². The Balaban J connectivity index is 2.35. The van der Waals surface area contributed by atoms with Crippen LogP contribution in [-0.4, -0.2) is 59.3 Å². The highest BCUT2D eigenvalue weighted by Gasteiger charge is 2.35. The summed E-state index contributed by atoms with van der Waals surface area (Å²) in [5, 5.41) is 6.80. The third-order valence-electron chi connectivity index (χ3n) is 3.61. The molecular formula is C13H21N5O3. The Labute approximate surface area is 123 Å². The van der Waals surface area contributed by atoms with E-state index in [1.807, 2.05) is 6.92 Å². The van der Waals surface area contributed by atoms with Gasteiger partial charge in [-0.15, -0.1) is 0 Å². The van der Waals surface area contributed by atoms with E-state index in [1.165, 1.54) is 11.9 Å². The molecule has 1 aliphatic rings. The van der Waals surface area contributed by atoms with E-state index in [2.05, 4.69) is 10.4 Å². The van der Waals surface area contributed by atoms with Gasteiger partial charge in [0.25, 0.3) is 5.91 Å². The Hall–Kier alpha value is -2.09. The molecule has 2 heterocycles. The fraction of sp³-hybridized carbons (Fsp3) is 0.615. The molecule has 8 heteroatoms. The molecule has 1 aromatic rings. The van der Waals surface area contributed by atoms with Gasteiger partial charge in [-0.3, -0.25) is 14.3 Å². The summed E-state index contributed by atoms with van der Waals surface area (Å²) in [4.78, 5) is 26.2. The molecule has 0 aliphatic carbocycles. The average Bonchev–Trinajstić information content (AvgIpc) is 2.80. The first-order valence-corrected chi connectivity index (χ1v) is 6.94. The van der Waals surface area contributed by atoms with Gasteiger partial charge in [-0.25, -0.2) is 0 Å². The molecule has 0 aromatic carbocycles. The number of aryl methyl sites for hydroxylation is 2. The number of nitrogen functional groups attached to an aromatic ring is 1. The lowest BCUT2D eigenvalue weighted by atomic mass is 10.1. The Morgan fingerprint density at radius 2 is 2.24 bits per heavy atom. The second-order valence-corrected chi connectivity index (χ2v) is 4.87. The summed E-state index contributed by atoms with van der Waals surface area (Å²) in [5.74, 6) is -0.534. The highest BCUT2D eigenvalue weighted by Crippen LogP contribution is 2.21. The van der Waals surface area contributed by atoms with E-state index in [0.29, 0.717) is 36.8 Å². The molecule has 0 bridgehead atoms. The van der Waals surface area contributed by atoms with Crippen molar-refractivity contribution in [3.63, 3.8) is 0 Å². The van der Waals surface area contributed by atoms with Gasteiger partial charge in [-0.2, -0.15) is 5.10 Å². The fourth-order valence-corrected chi connectivity index (χ4v) is 2.42. The van der Waals surface area contributed by atoms with Crippen LogP contribution in [0.3, 0.4) is 0 Å². The Bertz CT molecular complexity index is 554. The van der Waals surface area contributed by atoms with Crippen molar-refractivity contribution < 1.29 is 14.3 Å². The van der Waals surface area contributed by atoms with Crippen LogP contribution < -0.4 is 11.1 Å². The van der Waals surface area contributed by atoms with Crippen molar-refractivity contribution in [2.75, 3.05) is 32.5 Å². The van der Waals surface area contributed by atoms with Crippen LogP contribution in [0, 0.1) is 6.92 Å². The van der Waals surface area contributed by atoms with E-state index < -0.39 is 6.04 Å². The number of carbonyl (C=O) groups excluding carboxylic acids is 2. The monoisotopic (exact) mass is 295 g/mol. The number of aromatic nitrogens is 2. The number of hydrogen-bond acceptors (Lipinski definition) is 5. The predicted octanol–water partition coefficient (Wildman–Crippen LogP) is -0.619. The van der Waals surface area contributed by atoms with Crippen LogP contribution >= 0.6 is 0 Å². The second-order valence-electron chi connectivity index (χ2n) is 4.87. The quantitative estimate of drug-likeness (QED) is 0.773. The molecule has 0 spiro atoms. The first-order valence-electron chi connectivity index (χ1n) is 6.94. The average molecular weight is 295 g/mol. The topological polar surface area (TPSA) is 102 Å². The van der Waals surface area contributed by atoms with E-state index >= 15 is 0 Å². The van der Waals surface area contributed by atoms with Crippen molar-refractivity contribution in [2.24, 2.45) is 0 Å². The van der Waals surface area contributed by atoms with E-state index in [1.54, 1.807) is 11.6 Å². The molecule has 2 rings (SSSR count). The largest absolute Gasteiger partial charge is 0.395 e. The summed E-state index contributed by atoms with van der Waals surface area (Å²) < 4.78 is 6.88. The molecule has 1 saturated heterocycles. The molecule has 3 N–H and O–H groups in total. The minimum Gasteiger partial charge on any atom is -0.395 e. The summed E-state index contributed by atoms with van der Waals surface area (Å²) >= 11 is 0. The summed E-state index contributed by atoms with van der Waals surface area (Å²) in [6.07, 6.45) is 0. The van der Waals surface area contributed by atoms with Crippen molar-refractivity contribution in [2.45, 2.75) is 26.4 Å². The summed E-state index contributed by atoms with van der Waals surface area (Å²) in [6.45, 7) is 5.12. The molecule has 1 aromatic heterocycles. The second kappa shape index (κ2) is 6.13. The predicted molar refractivity (Wildman–Crippen MR) is 76.8 cm³/mol. The van der Waals surface area contributed by atoms with Gasteiger partial charge in [0.2, 0.25) is 5.91 Å². The lowest BCUT2D eigenvalue weighted by molar-refractivity contribution is -0.130. The summed E-state index contributed by atoms with van der Waals surface area (Å²) in [5.41, 5.74) is 7.30. The molecule has 1 unspecified atom stereocenters. The number of likely N-dealkylation sites (N-methyl/N-ethyl adjacent to an activating group) is 1. The maximum absolute atomic E-state index is 12.8. The highest BCUT2D eigenvalue weighted by molar-refractivity contribution is 6.00. The number of hydrogen-bond donors (Lipinski definition) is 2. The van der Waals surface area contributed by atoms with Crippen molar-refractivity contribution in [3.8, 4) is 0 Å². The zero-order valence-corrected chi connectivity index (χ0v) is 12.5. The van der Waals surface area contributed by atoms with E-state index in [-0.39, 0.29) is 18.4 Å². The molecule has 1 atom stereocenters. The standard InChI is InChI=1S/C13H21N5O3/c1-4-18-11(10(14)8(2)16-18)13(20)17-5-6-21-7-9(17)12(19)15-3/h9H,4-7,14H2,1-3H3,(H,15,19). The van der Waals surface area contributed by atoms with E-state index in [4.69, 9.17) is 10.5 Å². The minimum absolute atomic E-state index is 0.185. The zero-order valence-electron chi connectivity index (χ0n) is 12.5. The molecule has 116 valence electrons. The first kappa shape index (κ1) is 15.3. The van der Waals surface area contributed by atoms with Crippen LogP contribution in [0.1, 0.15) is 23.1 Å². The number of morpholine rings is 1. The molecule has 0 saturated carbocycles. The Kier molecular flexibility index (Phi) is 4.46. The van der Waals surface area contributed by atoms with Gasteiger partial charge in [0.15, 0.2) is 0 Å². The number of nitrogens with one attached hydrogen (secondary N) is 1. The van der Waals surface area contributed by atoms with Crippen LogP contribution in [0.5, 0.6) is 0 Å². The van der Waals surface area contributed by atoms with E-state index in [9.17, 15) is 9.59 Å². The minimum atomic E-state index is -0.642. The zero-order chi connectivity index (χ0) is 15.6. The lowest BCUT2D eigenvalue weighted by Gasteiger charge is -2.34. The fourth-order valence-electron chi connectivity index (χ4n) is 2.42. The SMILES string of the molecule is CCn1nc(C)c(N)c1C(=O)N1CCOCC1C(=O)NC. The van der Waals surface area contributed by atoms with Gasteiger partial charge in [0.1, 0.15) is 11.7 Å². The smallest absolute Gasteiger partial charge is 0.275 e. The molecule has 1 aliphatic heterocycles. The molecular weight excluding hydrogens is 274 g/mol. The van der Waals surface area contributed by atoms with Crippen LogP contribution in [0.25, 0.3) is 0 Å². The summed E-state index contributed by atoms with van der Waals surface area (Å²) in [7, 11) is 1.54. The van der Waals surface area contributed by atoms with Crippen LogP contribution in [0.15, 0.2) is 0 Å². The van der Waals surface area contributed by atoms with Crippen molar-refractivity contribution in [1.29, 1.82) is 0 Å². The number of rotatable bonds is 3. The van der Waals surface area contributed by atoms with Gasteiger partial charge < -0.3 is 20.7 Å². The van der Waals surface area contributed by atoms with Gasteiger partial charge >= 0.3 is 0 Å². The van der Waals surface area contributed by atoms with Gasteiger partial charge in [0, 0.05) is 20.1 Å².